The quantitative estimate of drug-likeness (QED) is 0.414. The van der Waals surface area contributed by atoms with Crippen LogP contribution in [-0.4, -0.2) is 56.6 Å². The minimum Gasteiger partial charge on any atom is -0.497 e. The Morgan fingerprint density at radius 1 is 1.08 bits per heavy atom. The Labute approximate surface area is 229 Å². The number of carbonyl (C=O) groups is 2. The predicted molar refractivity (Wildman–Crippen MR) is 149 cm³/mol. The van der Waals surface area contributed by atoms with Crippen LogP contribution in [0.2, 0.25) is 10.0 Å². The number of halogens is 2. The summed E-state index contributed by atoms with van der Waals surface area (Å²) in [6.45, 7) is 7.43. The first-order chi connectivity index (χ1) is 17.1. The molecule has 0 fully saturated rings. The number of hydrogen-bond donors (Lipinski definition) is 1. The van der Waals surface area contributed by atoms with Crippen LogP contribution in [0.4, 0.5) is 5.69 Å². The van der Waals surface area contributed by atoms with Gasteiger partial charge < -0.3 is 15.0 Å². The molecule has 0 aliphatic heterocycles. The van der Waals surface area contributed by atoms with E-state index in [1.54, 1.807) is 49.4 Å². The number of anilines is 1. The Bertz CT molecular complexity index is 1200. The van der Waals surface area contributed by atoms with Crippen LogP contribution in [0, 0.1) is 0 Å². The van der Waals surface area contributed by atoms with Crippen molar-refractivity contribution in [1.29, 1.82) is 0 Å². The second kappa shape index (κ2) is 12.8. The number of hydrogen-bond acceptors (Lipinski definition) is 5. The zero-order chi connectivity index (χ0) is 28.0. The Balaban J connectivity index is 2.22. The normalized spacial score (nSPS) is 12.5. The summed E-state index contributed by atoms with van der Waals surface area (Å²) in [7, 11) is -2.06. The molecule has 0 heterocycles. The molecule has 0 aliphatic rings. The van der Waals surface area contributed by atoms with Gasteiger partial charge in [0.25, 0.3) is 0 Å². The van der Waals surface area contributed by atoms with Gasteiger partial charge in [-0.2, -0.15) is 0 Å². The van der Waals surface area contributed by atoms with E-state index in [9.17, 15) is 18.0 Å². The van der Waals surface area contributed by atoms with Gasteiger partial charge in [-0.05, 0) is 76.1 Å². The van der Waals surface area contributed by atoms with E-state index >= 15 is 0 Å². The third-order valence-electron chi connectivity index (χ3n) is 5.53. The number of rotatable bonds is 11. The van der Waals surface area contributed by atoms with Crippen molar-refractivity contribution < 1.29 is 22.7 Å². The largest absolute Gasteiger partial charge is 0.497 e. The lowest BCUT2D eigenvalue weighted by Crippen LogP contribution is -2.52. The highest BCUT2D eigenvalue weighted by Crippen LogP contribution is 2.25. The fourth-order valence-electron chi connectivity index (χ4n) is 3.64. The summed E-state index contributed by atoms with van der Waals surface area (Å²) in [6.07, 6.45) is 1.39. The first-order valence-electron chi connectivity index (χ1n) is 11.8. The van der Waals surface area contributed by atoms with Gasteiger partial charge in [0.05, 0.1) is 19.1 Å². The van der Waals surface area contributed by atoms with E-state index in [4.69, 9.17) is 27.9 Å². The van der Waals surface area contributed by atoms with Crippen LogP contribution in [0.25, 0.3) is 0 Å². The second-order valence-electron chi connectivity index (χ2n) is 9.81. The van der Waals surface area contributed by atoms with Crippen LogP contribution >= 0.6 is 23.2 Å². The van der Waals surface area contributed by atoms with Gasteiger partial charge in [-0.3, -0.25) is 13.9 Å². The molecule has 0 bridgehead atoms. The standard InChI is InChI=1S/C26H35Cl2N3O5S/c1-18(25(33)29-26(2,3)4)30(17-19-9-10-20(27)16-23(19)28)24(32)8-7-15-31(37(6,34)35)21-11-13-22(36-5)14-12-21/h9-14,16,18H,7-8,15,17H2,1-6H3,(H,29,33)/t18-/m1/s1. The lowest BCUT2D eigenvalue weighted by Gasteiger charge is -2.32. The van der Waals surface area contributed by atoms with Gasteiger partial charge in [0.15, 0.2) is 0 Å². The molecule has 0 unspecified atom stereocenters. The fourth-order valence-corrected chi connectivity index (χ4v) is 5.08. The molecule has 1 atom stereocenters. The molecule has 0 aromatic heterocycles. The molecule has 2 rings (SSSR count). The van der Waals surface area contributed by atoms with Crippen molar-refractivity contribution >= 4 is 50.7 Å². The summed E-state index contributed by atoms with van der Waals surface area (Å²) in [4.78, 5) is 27.8. The minimum atomic E-state index is -3.59. The molecule has 8 nitrogen and oxygen atoms in total. The molecule has 37 heavy (non-hydrogen) atoms. The Kier molecular flexibility index (Phi) is 10.7. The van der Waals surface area contributed by atoms with Gasteiger partial charge in [-0.1, -0.05) is 29.3 Å². The molecule has 2 amide bonds. The molecular formula is C26H35Cl2N3O5S. The fraction of sp³-hybridized carbons (Fsp3) is 0.462. The van der Waals surface area contributed by atoms with Crippen molar-refractivity contribution in [2.75, 3.05) is 24.2 Å². The summed E-state index contributed by atoms with van der Waals surface area (Å²) in [5.41, 5.74) is 0.635. The average molecular weight is 573 g/mol. The molecule has 0 saturated carbocycles. The van der Waals surface area contributed by atoms with Gasteiger partial charge in [0.2, 0.25) is 21.8 Å². The van der Waals surface area contributed by atoms with Crippen LogP contribution in [0.3, 0.4) is 0 Å². The molecule has 2 aromatic rings. The van der Waals surface area contributed by atoms with Crippen molar-refractivity contribution in [3.63, 3.8) is 0 Å². The number of nitrogens with one attached hydrogen (secondary N) is 1. The van der Waals surface area contributed by atoms with Crippen molar-refractivity contribution in [3.05, 3.63) is 58.1 Å². The van der Waals surface area contributed by atoms with E-state index in [-0.39, 0.29) is 37.7 Å². The monoisotopic (exact) mass is 571 g/mol. The van der Waals surface area contributed by atoms with Crippen LogP contribution in [0.1, 0.15) is 46.1 Å². The van der Waals surface area contributed by atoms with E-state index in [2.05, 4.69) is 5.32 Å². The molecule has 0 saturated heterocycles. The lowest BCUT2D eigenvalue weighted by atomic mass is 10.1. The highest BCUT2D eigenvalue weighted by molar-refractivity contribution is 7.92. The van der Waals surface area contributed by atoms with Crippen molar-refractivity contribution in [2.24, 2.45) is 0 Å². The van der Waals surface area contributed by atoms with Gasteiger partial charge in [-0.25, -0.2) is 8.42 Å². The molecule has 0 aliphatic carbocycles. The zero-order valence-corrected chi connectivity index (χ0v) is 24.4. The van der Waals surface area contributed by atoms with Crippen LogP contribution in [-0.2, 0) is 26.2 Å². The Hall–Kier alpha value is -2.49. The van der Waals surface area contributed by atoms with Crippen LogP contribution < -0.4 is 14.4 Å². The van der Waals surface area contributed by atoms with Gasteiger partial charge in [-0.15, -0.1) is 0 Å². The number of nitrogens with zero attached hydrogens (tertiary/aromatic N) is 2. The van der Waals surface area contributed by atoms with Crippen molar-refractivity contribution in [3.8, 4) is 5.75 Å². The molecule has 2 aromatic carbocycles. The number of methoxy groups -OCH3 is 1. The highest BCUT2D eigenvalue weighted by atomic mass is 35.5. The van der Waals surface area contributed by atoms with Crippen LogP contribution in [0.15, 0.2) is 42.5 Å². The number of benzene rings is 2. The average Bonchev–Trinajstić information content (AvgIpc) is 2.79. The maximum absolute atomic E-state index is 13.4. The topological polar surface area (TPSA) is 96.0 Å². The smallest absolute Gasteiger partial charge is 0.242 e. The first kappa shape index (κ1) is 30.7. The van der Waals surface area contributed by atoms with E-state index in [1.165, 1.54) is 16.3 Å². The molecule has 0 radical (unpaired) electrons. The first-order valence-corrected chi connectivity index (χ1v) is 14.4. The molecule has 11 heteroatoms. The number of ether oxygens (including phenoxy) is 1. The van der Waals surface area contributed by atoms with Gasteiger partial charge in [0, 0.05) is 35.1 Å². The highest BCUT2D eigenvalue weighted by Gasteiger charge is 2.29. The Morgan fingerprint density at radius 3 is 2.22 bits per heavy atom. The third-order valence-corrected chi connectivity index (χ3v) is 7.31. The summed E-state index contributed by atoms with van der Waals surface area (Å²) < 4.78 is 31.3. The zero-order valence-electron chi connectivity index (χ0n) is 22.0. The third kappa shape index (κ3) is 9.39. The summed E-state index contributed by atoms with van der Waals surface area (Å²) in [6, 6.07) is 10.8. The van der Waals surface area contributed by atoms with E-state index in [1.807, 2.05) is 20.8 Å². The maximum Gasteiger partial charge on any atom is 0.242 e. The van der Waals surface area contributed by atoms with Crippen molar-refractivity contribution in [2.45, 2.75) is 58.7 Å². The van der Waals surface area contributed by atoms with E-state index in [0.717, 1.165) is 6.26 Å². The minimum absolute atomic E-state index is 0.0283. The van der Waals surface area contributed by atoms with Gasteiger partial charge >= 0.3 is 0 Å². The number of amides is 2. The molecule has 1 N–H and O–H groups in total. The molecular weight excluding hydrogens is 537 g/mol. The number of sulfonamides is 1. The number of carbonyl (C=O) groups excluding carboxylic acids is 2. The molecule has 204 valence electrons. The predicted octanol–water partition coefficient (Wildman–Crippen LogP) is 4.88. The Morgan fingerprint density at radius 2 is 1.70 bits per heavy atom. The van der Waals surface area contributed by atoms with Crippen molar-refractivity contribution in [1.82, 2.24) is 10.2 Å². The van der Waals surface area contributed by atoms with Gasteiger partial charge in [0.1, 0.15) is 11.8 Å². The molecule has 0 spiro atoms. The second-order valence-corrected chi connectivity index (χ2v) is 12.6. The maximum atomic E-state index is 13.4. The summed E-state index contributed by atoms with van der Waals surface area (Å²) in [5.74, 6) is -0.000842. The van der Waals surface area contributed by atoms with E-state index < -0.39 is 21.6 Å². The SMILES string of the molecule is COc1ccc(N(CCCC(=O)N(Cc2ccc(Cl)cc2Cl)[C@H](C)C(=O)NC(C)(C)C)S(C)(=O)=O)cc1. The summed E-state index contributed by atoms with van der Waals surface area (Å²) in [5, 5.41) is 3.75. The van der Waals surface area contributed by atoms with E-state index in [0.29, 0.717) is 27.0 Å². The summed E-state index contributed by atoms with van der Waals surface area (Å²) >= 11 is 12.4. The lowest BCUT2D eigenvalue weighted by molar-refractivity contribution is -0.141. The van der Waals surface area contributed by atoms with Crippen LogP contribution in [0.5, 0.6) is 5.75 Å².